The van der Waals surface area contributed by atoms with Crippen molar-refractivity contribution in [1.82, 2.24) is 20.4 Å². The molecule has 1 saturated heterocycles. The lowest BCUT2D eigenvalue weighted by molar-refractivity contribution is 0.0890. The molecule has 1 aromatic heterocycles. The molecule has 2 unspecified atom stereocenters. The van der Waals surface area contributed by atoms with E-state index in [-0.39, 0.29) is 11.9 Å². The van der Waals surface area contributed by atoms with Crippen molar-refractivity contribution in [2.75, 3.05) is 26.8 Å². The molecule has 1 amide bonds. The number of carbonyl (C=O) groups is 1. The third kappa shape index (κ3) is 4.01. The van der Waals surface area contributed by atoms with Crippen molar-refractivity contribution in [3.8, 4) is 0 Å². The summed E-state index contributed by atoms with van der Waals surface area (Å²) in [5.41, 5.74) is 1.46. The first-order chi connectivity index (χ1) is 11.8. The minimum atomic E-state index is -0.190. The lowest BCUT2D eigenvalue weighted by atomic mass is 10.1. The number of rotatable bonds is 6. The molecule has 2 aromatic rings. The molecule has 2 N–H and O–H groups in total. The summed E-state index contributed by atoms with van der Waals surface area (Å²) >= 11 is 0. The molecule has 0 radical (unpaired) electrons. The second kappa shape index (κ2) is 8.08. The van der Waals surface area contributed by atoms with E-state index in [1.165, 1.54) is 0 Å². The van der Waals surface area contributed by atoms with Crippen molar-refractivity contribution in [3.05, 3.63) is 53.9 Å². The highest BCUT2D eigenvalue weighted by Crippen LogP contribution is 2.17. The fourth-order valence-electron chi connectivity index (χ4n) is 3.03. The number of ether oxygens (including phenoxy) is 1. The molecular formula is C18H24N4O2. The van der Waals surface area contributed by atoms with Crippen LogP contribution in [0.25, 0.3) is 0 Å². The van der Waals surface area contributed by atoms with E-state index in [4.69, 9.17) is 4.74 Å². The third-order valence-electron chi connectivity index (χ3n) is 4.33. The Balaban J connectivity index is 1.68. The van der Waals surface area contributed by atoms with Gasteiger partial charge in [-0.1, -0.05) is 30.3 Å². The molecule has 0 aliphatic carbocycles. The number of nitrogens with zero attached hydrogens (tertiary/aromatic N) is 2. The van der Waals surface area contributed by atoms with Gasteiger partial charge in [-0.25, -0.2) is 0 Å². The lowest BCUT2D eigenvalue weighted by Crippen LogP contribution is -2.33. The SMILES string of the molecule is COCC(NC(=O)c1ccn(C2CCCNC2)n1)c1ccccc1. The van der Waals surface area contributed by atoms with Crippen molar-refractivity contribution in [2.24, 2.45) is 0 Å². The van der Waals surface area contributed by atoms with Gasteiger partial charge < -0.3 is 15.4 Å². The summed E-state index contributed by atoms with van der Waals surface area (Å²) in [7, 11) is 1.63. The van der Waals surface area contributed by atoms with Gasteiger partial charge >= 0.3 is 0 Å². The summed E-state index contributed by atoms with van der Waals surface area (Å²) in [4.78, 5) is 12.5. The Bertz CT molecular complexity index is 650. The zero-order chi connectivity index (χ0) is 16.8. The number of aromatic nitrogens is 2. The van der Waals surface area contributed by atoms with Gasteiger partial charge in [0.1, 0.15) is 5.69 Å². The maximum Gasteiger partial charge on any atom is 0.272 e. The molecule has 6 heteroatoms. The molecule has 128 valence electrons. The van der Waals surface area contributed by atoms with E-state index in [9.17, 15) is 4.79 Å². The van der Waals surface area contributed by atoms with Crippen LogP contribution >= 0.6 is 0 Å². The second-order valence-corrected chi connectivity index (χ2v) is 6.07. The molecule has 6 nitrogen and oxygen atoms in total. The molecule has 0 bridgehead atoms. The Kier molecular flexibility index (Phi) is 5.61. The Morgan fingerprint density at radius 2 is 2.25 bits per heavy atom. The van der Waals surface area contributed by atoms with Crippen LogP contribution in [-0.2, 0) is 4.74 Å². The first-order valence-corrected chi connectivity index (χ1v) is 8.38. The number of methoxy groups -OCH3 is 1. The van der Waals surface area contributed by atoms with Crippen molar-refractivity contribution in [3.63, 3.8) is 0 Å². The van der Waals surface area contributed by atoms with Gasteiger partial charge in [-0.2, -0.15) is 5.10 Å². The lowest BCUT2D eigenvalue weighted by Gasteiger charge is -2.23. The third-order valence-corrected chi connectivity index (χ3v) is 4.33. The summed E-state index contributed by atoms with van der Waals surface area (Å²) in [6.07, 6.45) is 4.11. The van der Waals surface area contributed by atoms with E-state index in [0.717, 1.165) is 31.5 Å². The van der Waals surface area contributed by atoms with E-state index in [1.807, 2.05) is 41.2 Å². The molecule has 1 aliphatic rings. The Hall–Kier alpha value is -2.18. The van der Waals surface area contributed by atoms with Crippen molar-refractivity contribution >= 4 is 5.91 Å². The maximum atomic E-state index is 12.5. The van der Waals surface area contributed by atoms with Crippen LogP contribution in [0.2, 0.25) is 0 Å². The summed E-state index contributed by atoms with van der Waals surface area (Å²) in [6.45, 7) is 2.38. The van der Waals surface area contributed by atoms with Gasteiger partial charge in [-0.05, 0) is 31.0 Å². The first-order valence-electron chi connectivity index (χ1n) is 8.38. The number of amides is 1. The largest absolute Gasteiger partial charge is 0.382 e. The Morgan fingerprint density at radius 1 is 1.42 bits per heavy atom. The van der Waals surface area contributed by atoms with Crippen molar-refractivity contribution in [2.45, 2.75) is 24.9 Å². The number of benzene rings is 1. The quantitative estimate of drug-likeness (QED) is 0.850. The van der Waals surface area contributed by atoms with Crippen molar-refractivity contribution < 1.29 is 9.53 Å². The fraction of sp³-hybridized carbons (Fsp3) is 0.444. The summed E-state index contributed by atoms with van der Waals surface area (Å²) < 4.78 is 7.14. The predicted molar refractivity (Wildman–Crippen MR) is 91.9 cm³/mol. The van der Waals surface area contributed by atoms with E-state index >= 15 is 0 Å². The van der Waals surface area contributed by atoms with Gasteiger partial charge in [0, 0.05) is 19.9 Å². The molecule has 0 spiro atoms. The van der Waals surface area contributed by atoms with Gasteiger partial charge in [-0.3, -0.25) is 9.48 Å². The predicted octanol–water partition coefficient (Wildman–Crippen LogP) is 1.93. The van der Waals surface area contributed by atoms with E-state index < -0.39 is 0 Å². The minimum absolute atomic E-state index is 0.177. The molecule has 1 aliphatic heterocycles. The van der Waals surface area contributed by atoms with Crippen molar-refractivity contribution in [1.29, 1.82) is 0 Å². The zero-order valence-corrected chi connectivity index (χ0v) is 13.9. The summed E-state index contributed by atoms with van der Waals surface area (Å²) in [5.74, 6) is -0.177. The van der Waals surface area contributed by atoms with Crippen LogP contribution in [0.1, 0.15) is 41.0 Å². The van der Waals surface area contributed by atoms with E-state index in [2.05, 4.69) is 15.7 Å². The number of hydrogen-bond donors (Lipinski definition) is 2. The highest BCUT2D eigenvalue weighted by Gasteiger charge is 2.20. The highest BCUT2D eigenvalue weighted by atomic mass is 16.5. The molecule has 1 aromatic carbocycles. The number of carbonyl (C=O) groups excluding carboxylic acids is 1. The van der Waals surface area contributed by atoms with Gasteiger partial charge in [0.15, 0.2) is 0 Å². The van der Waals surface area contributed by atoms with Gasteiger partial charge in [0.2, 0.25) is 0 Å². The minimum Gasteiger partial charge on any atom is -0.382 e. The van der Waals surface area contributed by atoms with Gasteiger partial charge in [0.25, 0.3) is 5.91 Å². The summed E-state index contributed by atoms with van der Waals surface area (Å²) in [6, 6.07) is 11.7. The highest BCUT2D eigenvalue weighted by molar-refractivity contribution is 5.92. The zero-order valence-electron chi connectivity index (χ0n) is 13.9. The molecule has 0 saturated carbocycles. The maximum absolute atomic E-state index is 12.5. The second-order valence-electron chi connectivity index (χ2n) is 6.07. The standard InChI is InChI=1S/C18H24N4O2/c1-24-13-17(14-6-3-2-4-7-14)20-18(23)16-9-11-22(21-16)15-8-5-10-19-12-15/h2-4,6-7,9,11,15,17,19H,5,8,10,12-13H2,1H3,(H,20,23). The molecule has 2 atom stereocenters. The number of nitrogens with one attached hydrogen (secondary N) is 2. The first kappa shape index (κ1) is 16.7. The van der Waals surface area contributed by atoms with Gasteiger partial charge in [-0.15, -0.1) is 0 Å². The normalized spacial score (nSPS) is 19.0. The fourth-order valence-corrected chi connectivity index (χ4v) is 3.03. The molecule has 2 heterocycles. The number of piperidine rings is 1. The van der Waals surface area contributed by atoms with E-state index in [0.29, 0.717) is 18.3 Å². The Labute approximate surface area is 142 Å². The van der Waals surface area contributed by atoms with Crippen LogP contribution in [0.3, 0.4) is 0 Å². The molecule has 3 rings (SSSR count). The average Bonchev–Trinajstić information content (AvgIpc) is 3.13. The van der Waals surface area contributed by atoms with Crippen LogP contribution in [0.5, 0.6) is 0 Å². The monoisotopic (exact) mass is 328 g/mol. The molecule has 24 heavy (non-hydrogen) atoms. The Morgan fingerprint density at radius 3 is 2.96 bits per heavy atom. The van der Waals surface area contributed by atoms with E-state index in [1.54, 1.807) is 13.2 Å². The van der Waals surface area contributed by atoms with Crippen LogP contribution in [0.15, 0.2) is 42.6 Å². The van der Waals surface area contributed by atoms with Crippen LogP contribution in [-0.4, -0.2) is 42.5 Å². The summed E-state index contributed by atoms with van der Waals surface area (Å²) in [5, 5.41) is 10.8. The average molecular weight is 328 g/mol. The number of hydrogen-bond acceptors (Lipinski definition) is 4. The van der Waals surface area contributed by atoms with Gasteiger partial charge in [0.05, 0.1) is 18.7 Å². The smallest absolute Gasteiger partial charge is 0.272 e. The molecular weight excluding hydrogens is 304 g/mol. The molecule has 1 fully saturated rings. The van der Waals surface area contributed by atoms with Crippen LogP contribution < -0.4 is 10.6 Å². The van der Waals surface area contributed by atoms with Crippen LogP contribution in [0, 0.1) is 0 Å². The topological polar surface area (TPSA) is 68.2 Å². The van der Waals surface area contributed by atoms with Crippen LogP contribution in [0.4, 0.5) is 0 Å².